The molecule has 0 fully saturated rings. The maximum absolute atomic E-state index is 6.33. The molecule has 10 aromatic carbocycles. The monoisotopic (exact) mass is 804 g/mol. The summed E-state index contributed by atoms with van der Waals surface area (Å²) in [6.07, 6.45) is 0. The van der Waals surface area contributed by atoms with Crippen LogP contribution in [0, 0.1) is 0 Å². The minimum absolute atomic E-state index is 0.870. The van der Waals surface area contributed by atoms with E-state index in [9.17, 15) is 0 Å². The Morgan fingerprint density at radius 3 is 1.67 bits per heavy atom. The number of hydrogen-bond donors (Lipinski definition) is 0. The first-order chi connectivity index (χ1) is 31.2. The molecule has 0 N–H and O–H groups in total. The van der Waals surface area contributed by atoms with Crippen molar-refractivity contribution in [2.75, 3.05) is 4.90 Å². The molecule has 0 atom stereocenters. The molecule has 0 aliphatic heterocycles. The lowest BCUT2D eigenvalue weighted by Crippen LogP contribution is -2.11. The Labute approximate surface area is 366 Å². The molecule has 12 aromatic rings. The van der Waals surface area contributed by atoms with Gasteiger partial charge in [0, 0.05) is 44.2 Å². The fourth-order valence-electron chi connectivity index (χ4n) is 9.43. The normalized spacial score (nSPS) is 11.5. The average molecular weight is 805 g/mol. The zero-order valence-electron chi connectivity index (χ0n) is 34.4. The summed E-state index contributed by atoms with van der Waals surface area (Å²) in [5.74, 6) is 0. The average Bonchev–Trinajstić information content (AvgIpc) is 3.90. The topological polar surface area (TPSA) is 21.3 Å². The highest BCUT2D eigenvalue weighted by atomic mass is 16.3. The largest absolute Gasteiger partial charge is 0.456 e. The van der Waals surface area contributed by atoms with Gasteiger partial charge in [-0.25, -0.2) is 0 Å². The maximum atomic E-state index is 6.33. The molecule has 3 heteroatoms. The van der Waals surface area contributed by atoms with Gasteiger partial charge < -0.3 is 13.9 Å². The van der Waals surface area contributed by atoms with Crippen LogP contribution in [-0.2, 0) is 0 Å². The van der Waals surface area contributed by atoms with Gasteiger partial charge in [-0.15, -0.1) is 0 Å². The third-order valence-electron chi connectivity index (χ3n) is 12.4. The van der Waals surface area contributed by atoms with E-state index in [0.29, 0.717) is 0 Å². The Morgan fingerprint density at radius 1 is 0.302 bits per heavy atom. The van der Waals surface area contributed by atoms with E-state index < -0.39 is 0 Å². The minimum atomic E-state index is 0.870. The number of rotatable bonds is 8. The maximum Gasteiger partial charge on any atom is 0.135 e. The second-order valence-electron chi connectivity index (χ2n) is 16.1. The number of anilines is 3. The van der Waals surface area contributed by atoms with Gasteiger partial charge in [-0.05, 0) is 112 Å². The summed E-state index contributed by atoms with van der Waals surface area (Å²) in [6, 6.07) is 87.3. The third-order valence-corrected chi connectivity index (χ3v) is 12.4. The molecule has 0 spiro atoms. The molecule has 296 valence electrons. The van der Waals surface area contributed by atoms with Crippen LogP contribution < -0.4 is 4.90 Å². The van der Waals surface area contributed by atoms with Crippen molar-refractivity contribution >= 4 is 60.8 Å². The second-order valence-corrected chi connectivity index (χ2v) is 16.1. The van der Waals surface area contributed by atoms with Crippen LogP contribution >= 0.6 is 0 Å². The molecule has 12 rings (SSSR count). The van der Waals surface area contributed by atoms with E-state index in [0.717, 1.165) is 66.9 Å². The zero-order valence-corrected chi connectivity index (χ0v) is 34.4. The van der Waals surface area contributed by atoms with Gasteiger partial charge in [-0.1, -0.05) is 170 Å². The van der Waals surface area contributed by atoms with Crippen molar-refractivity contribution in [2.45, 2.75) is 0 Å². The molecular weight excluding hydrogens is 765 g/mol. The SMILES string of the molecule is c1ccc(-c2ccc(N(c3ccc4oc5ccccc5c4c3)c3ccccc3-c3ccc(-c4ccccc4)cc3-c3ccc4c5ccccc5n(-c5ccccc5)c4c3)cc2)cc1. The van der Waals surface area contributed by atoms with E-state index in [4.69, 9.17) is 4.42 Å². The van der Waals surface area contributed by atoms with Crippen molar-refractivity contribution < 1.29 is 4.42 Å². The summed E-state index contributed by atoms with van der Waals surface area (Å²) in [6.45, 7) is 0. The van der Waals surface area contributed by atoms with E-state index in [-0.39, 0.29) is 0 Å². The number of fused-ring (bicyclic) bond motifs is 6. The van der Waals surface area contributed by atoms with Gasteiger partial charge in [0.25, 0.3) is 0 Å². The van der Waals surface area contributed by atoms with Gasteiger partial charge in [-0.3, -0.25) is 0 Å². The fourth-order valence-corrected chi connectivity index (χ4v) is 9.43. The van der Waals surface area contributed by atoms with E-state index in [1.807, 2.05) is 12.1 Å². The number of benzene rings is 10. The highest BCUT2D eigenvalue weighted by Gasteiger charge is 2.22. The van der Waals surface area contributed by atoms with Crippen molar-refractivity contribution in [1.82, 2.24) is 4.57 Å². The van der Waals surface area contributed by atoms with Crippen LogP contribution in [-0.4, -0.2) is 4.57 Å². The molecule has 3 nitrogen and oxygen atoms in total. The first-order valence-electron chi connectivity index (χ1n) is 21.5. The molecule has 63 heavy (non-hydrogen) atoms. The van der Waals surface area contributed by atoms with Gasteiger partial charge >= 0.3 is 0 Å². The second kappa shape index (κ2) is 15.3. The lowest BCUT2D eigenvalue weighted by Gasteiger charge is -2.29. The lowest BCUT2D eigenvalue weighted by atomic mass is 9.89. The van der Waals surface area contributed by atoms with Gasteiger partial charge in [0.2, 0.25) is 0 Å². The quantitative estimate of drug-likeness (QED) is 0.153. The predicted octanol–water partition coefficient (Wildman–Crippen LogP) is 16.8. The van der Waals surface area contributed by atoms with Crippen molar-refractivity contribution in [1.29, 1.82) is 0 Å². The molecule has 0 aliphatic rings. The summed E-state index contributed by atoms with van der Waals surface area (Å²) in [5.41, 5.74) is 17.7. The number of aromatic nitrogens is 1. The predicted molar refractivity (Wildman–Crippen MR) is 264 cm³/mol. The molecule has 0 unspecified atom stereocenters. The highest BCUT2D eigenvalue weighted by Crippen LogP contribution is 2.47. The Bertz CT molecular complexity index is 3600. The first-order valence-corrected chi connectivity index (χ1v) is 21.5. The standard InChI is InChI=1S/C60H40N2O/c1-4-16-41(17-5-1)43-28-32-47(33-29-43)61(48-34-37-60-55(40-48)53-24-12-15-27-59(53)63-60)56-25-13-10-22-50(56)49-35-30-44(42-18-6-2-7-19-42)38-54(49)45-31-36-52-51-23-11-14-26-57(51)62(58(52)39-45)46-20-8-3-9-21-46/h1-40H. The van der Waals surface area contributed by atoms with Gasteiger partial charge in [0.15, 0.2) is 0 Å². The third kappa shape index (κ3) is 6.38. The van der Waals surface area contributed by atoms with Gasteiger partial charge in [0.05, 0.1) is 16.7 Å². The van der Waals surface area contributed by atoms with E-state index in [1.54, 1.807) is 0 Å². The minimum Gasteiger partial charge on any atom is -0.456 e. The Balaban J connectivity index is 1.09. The smallest absolute Gasteiger partial charge is 0.135 e. The summed E-state index contributed by atoms with van der Waals surface area (Å²) >= 11 is 0. The molecular formula is C60H40N2O. The number of hydrogen-bond acceptors (Lipinski definition) is 2. The molecule has 0 bridgehead atoms. The van der Waals surface area contributed by atoms with E-state index in [2.05, 4.69) is 240 Å². The fraction of sp³-hybridized carbons (Fsp3) is 0. The van der Waals surface area contributed by atoms with Crippen molar-refractivity contribution in [2.24, 2.45) is 0 Å². The highest BCUT2D eigenvalue weighted by molar-refractivity contribution is 6.11. The molecule has 0 saturated heterocycles. The lowest BCUT2D eigenvalue weighted by molar-refractivity contribution is 0.669. The van der Waals surface area contributed by atoms with Crippen LogP contribution in [0.4, 0.5) is 17.1 Å². The van der Waals surface area contributed by atoms with Crippen LogP contribution in [0.3, 0.4) is 0 Å². The van der Waals surface area contributed by atoms with Crippen LogP contribution in [0.1, 0.15) is 0 Å². The van der Waals surface area contributed by atoms with Crippen LogP contribution in [0.25, 0.3) is 93.9 Å². The number of furan rings is 1. The van der Waals surface area contributed by atoms with Gasteiger partial charge in [-0.2, -0.15) is 0 Å². The van der Waals surface area contributed by atoms with Crippen molar-refractivity contribution in [3.63, 3.8) is 0 Å². The van der Waals surface area contributed by atoms with Gasteiger partial charge in [0.1, 0.15) is 11.2 Å². The summed E-state index contributed by atoms with van der Waals surface area (Å²) in [4.78, 5) is 2.40. The van der Waals surface area contributed by atoms with E-state index >= 15 is 0 Å². The van der Waals surface area contributed by atoms with Crippen LogP contribution in [0.5, 0.6) is 0 Å². The Kier molecular flexibility index (Phi) is 8.83. The molecule has 0 radical (unpaired) electrons. The summed E-state index contributed by atoms with van der Waals surface area (Å²) < 4.78 is 8.74. The molecule has 0 aliphatic carbocycles. The molecule has 0 saturated carbocycles. The molecule has 0 amide bonds. The summed E-state index contributed by atoms with van der Waals surface area (Å²) in [7, 11) is 0. The van der Waals surface area contributed by atoms with E-state index in [1.165, 1.54) is 44.1 Å². The number of nitrogens with zero attached hydrogens (tertiary/aromatic N) is 2. The zero-order chi connectivity index (χ0) is 41.7. The molecule has 2 heterocycles. The summed E-state index contributed by atoms with van der Waals surface area (Å²) in [5, 5.41) is 4.65. The first kappa shape index (κ1) is 36.5. The van der Waals surface area contributed by atoms with Crippen LogP contribution in [0.15, 0.2) is 247 Å². The van der Waals surface area contributed by atoms with Crippen LogP contribution in [0.2, 0.25) is 0 Å². The van der Waals surface area contributed by atoms with Crippen molar-refractivity contribution in [3.8, 4) is 50.2 Å². The Hall–Kier alpha value is -8.40. The number of para-hydroxylation sites is 4. The Morgan fingerprint density at radius 2 is 0.873 bits per heavy atom. The molecule has 2 aromatic heterocycles. The van der Waals surface area contributed by atoms with Crippen molar-refractivity contribution in [3.05, 3.63) is 243 Å².